The second-order valence-electron chi connectivity index (χ2n) is 5.06. The Kier molecular flexibility index (Phi) is 4.88. The van der Waals surface area contributed by atoms with E-state index in [2.05, 4.69) is 26.2 Å². The van der Waals surface area contributed by atoms with Gasteiger partial charge < -0.3 is 10.1 Å². The van der Waals surface area contributed by atoms with E-state index in [1.54, 1.807) is 6.20 Å². The Hall–Kier alpha value is -2.40. The summed E-state index contributed by atoms with van der Waals surface area (Å²) in [6.07, 6.45) is 1.32. The van der Waals surface area contributed by atoms with Gasteiger partial charge >= 0.3 is 6.09 Å². The van der Waals surface area contributed by atoms with Gasteiger partial charge in [0, 0.05) is 22.6 Å². The highest BCUT2D eigenvalue weighted by Crippen LogP contribution is 2.23. The number of alkyl carbamates (subject to hydrolysis) is 1. The van der Waals surface area contributed by atoms with E-state index in [9.17, 15) is 4.79 Å². The van der Waals surface area contributed by atoms with Gasteiger partial charge in [-0.05, 0) is 29.3 Å². The zero-order valence-corrected chi connectivity index (χ0v) is 13.9. The number of fused-ring (bicyclic) bond motifs is 1. The number of carbonyl (C=O) groups is 1. The molecule has 1 amide bonds. The third-order valence-electron chi connectivity index (χ3n) is 3.41. The zero-order chi connectivity index (χ0) is 16.1. The van der Waals surface area contributed by atoms with Crippen molar-refractivity contribution in [1.82, 2.24) is 10.3 Å². The van der Waals surface area contributed by atoms with Gasteiger partial charge in [0.25, 0.3) is 0 Å². The molecule has 0 unspecified atom stereocenters. The monoisotopic (exact) mass is 370 g/mol. The number of rotatable bonds is 4. The van der Waals surface area contributed by atoms with Crippen LogP contribution in [0.4, 0.5) is 4.79 Å². The van der Waals surface area contributed by atoms with Crippen molar-refractivity contribution < 1.29 is 9.53 Å². The molecule has 23 heavy (non-hydrogen) atoms. The Morgan fingerprint density at radius 3 is 2.78 bits per heavy atom. The molecule has 0 saturated heterocycles. The van der Waals surface area contributed by atoms with Crippen molar-refractivity contribution in [2.45, 2.75) is 13.2 Å². The first-order valence-electron chi connectivity index (χ1n) is 7.20. The molecule has 3 aromatic rings. The van der Waals surface area contributed by atoms with Crippen molar-refractivity contribution >= 4 is 32.9 Å². The number of aromatic nitrogens is 1. The lowest BCUT2D eigenvalue weighted by atomic mass is 10.1. The van der Waals surface area contributed by atoms with Gasteiger partial charge in [-0.2, -0.15) is 0 Å². The van der Waals surface area contributed by atoms with Crippen LogP contribution >= 0.6 is 15.9 Å². The number of hydrogen-bond donors (Lipinski definition) is 1. The molecule has 2 aromatic carbocycles. The molecule has 0 aliphatic rings. The molecule has 0 spiro atoms. The summed E-state index contributed by atoms with van der Waals surface area (Å²) < 4.78 is 6.11. The number of pyridine rings is 1. The summed E-state index contributed by atoms with van der Waals surface area (Å²) in [7, 11) is 0. The van der Waals surface area contributed by atoms with Crippen molar-refractivity contribution in [1.29, 1.82) is 0 Å². The maximum atomic E-state index is 11.8. The van der Waals surface area contributed by atoms with Crippen LogP contribution in [0.25, 0.3) is 10.9 Å². The van der Waals surface area contributed by atoms with Crippen LogP contribution in [-0.4, -0.2) is 11.1 Å². The molecule has 0 saturated carbocycles. The lowest BCUT2D eigenvalue weighted by Crippen LogP contribution is -2.23. The average Bonchev–Trinajstić information content (AvgIpc) is 2.59. The Balaban J connectivity index is 1.59. The van der Waals surface area contributed by atoms with Crippen LogP contribution in [0, 0.1) is 0 Å². The average molecular weight is 371 g/mol. The van der Waals surface area contributed by atoms with E-state index in [4.69, 9.17) is 4.74 Å². The number of hydrogen-bond acceptors (Lipinski definition) is 3. The molecule has 1 aromatic heterocycles. The van der Waals surface area contributed by atoms with Crippen molar-refractivity contribution in [2.75, 3.05) is 0 Å². The molecule has 0 aliphatic carbocycles. The van der Waals surface area contributed by atoms with Gasteiger partial charge in [-0.25, -0.2) is 4.79 Å². The Labute approximate surface area is 142 Å². The second-order valence-corrected chi connectivity index (χ2v) is 5.91. The highest BCUT2D eigenvalue weighted by atomic mass is 79.9. The normalized spacial score (nSPS) is 10.5. The molecule has 0 radical (unpaired) electrons. The molecular formula is C18H15BrN2O2. The smallest absolute Gasteiger partial charge is 0.407 e. The lowest BCUT2D eigenvalue weighted by Gasteiger charge is -2.09. The third-order valence-corrected chi connectivity index (χ3v) is 4.15. The number of nitrogens with zero attached hydrogens (tertiary/aromatic N) is 1. The van der Waals surface area contributed by atoms with Gasteiger partial charge in [-0.15, -0.1) is 0 Å². The molecule has 0 atom stereocenters. The molecule has 0 aliphatic heterocycles. The number of ether oxygens (including phenoxy) is 1. The Bertz CT molecular complexity index is 822. The molecule has 1 N–H and O–H groups in total. The van der Waals surface area contributed by atoms with Crippen LogP contribution < -0.4 is 5.32 Å². The van der Waals surface area contributed by atoms with E-state index in [1.165, 1.54) is 0 Å². The van der Waals surface area contributed by atoms with Crippen LogP contribution in [0.3, 0.4) is 0 Å². The summed E-state index contributed by atoms with van der Waals surface area (Å²) in [6, 6.07) is 17.4. The van der Waals surface area contributed by atoms with E-state index in [0.29, 0.717) is 6.54 Å². The number of carbonyl (C=O) groups excluding carboxylic acids is 1. The highest BCUT2D eigenvalue weighted by Gasteiger charge is 2.07. The van der Waals surface area contributed by atoms with Crippen molar-refractivity contribution in [2.24, 2.45) is 0 Å². The van der Waals surface area contributed by atoms with Crippen molar-refractivity contribution in [3.8, 4) is 0 Å². The van der Waals surface area contributed by atoms with Gasteiger partial charge in [0.2, 0.25) is 0 Å². The Morgan fingerprint density at radius 2 is 1.96 bits per heavy atom. The lowest BCUT2D eigenvalue weighted by molar-refractivity contribution is 0.139. The second kappa shape index (κ2) is 7.24. The fourth-order valence-electron chi connectivity index (χ4n) is 2.22. The van der Waals surface area contributed by atoms with Gasteiger partial charge in [0.15, 0.2) is 0 Å². The van der Waals surface area contributed by atoms with E-state index < -0.39 is 6.09 Å². The highest BCUT2D eigenvalue weighted by molar-refractivity contribution is 9.10. The molecule has 3 rings (SSSR count). The Morgan fingerprint density at radius 1 is 1.13 bits per heavy atom. The third kappa shape index (κ3) is 4.07. The van der Waals surface area contributed by atoms with Crippen molar-refractivity contribution in [3.05, 3.63) is 76.4 Å². The van der Waals surface area contributed by atoms with Crippen LogP contribution in [-0.2, 0) is 17.9 Å². The fourth-order valence-corrected chi connectivity index (χ4v) is 2.69. The zero-order valence-electron chi connectivity index (χ0n) is 12.3. The van der Waals surface area contributed by atoms with Crippen LogP contribution in [0.2, 0.25) is 0 Å². The van der Waals surface area contributed by atoms with Gasteiger partial charge in [-0.3, -0.25) is 4.98 Å². The minimum atomic E-state index is -0.438. The molecule has 5 heteroatoms. The first-order chi connectivity index (χ1) is 11.2. The number of halogens is 1. The minimum Gasteiger partial charge on any atom is -0.445 e. The summed E-state index contributed by atoms with van der Waals surface area (Å²) in [6.45, 7) is 0.647. The number of nitrogens with one attached hydrogen (secondary N) is 1. The first-order valence-corrected chi connectivity index (χ1v) is 7.99. The maximum absolute atomic E-state index is 11.8. The maximum Gasteiger partial charge on any atom is 0.407 e. The molecule has 4 nitrogen and oxygen atoms in total. The molecule has 0 fully saturated rings. The van der Waals surface area contributed by atoms with E-state index >= 15 is 0 Å². The quantitative estimate of drug-likeness (QED) is 0.739. The predicted molar refractivity (Wildman–Crippen MR) is 92.9 cm³/mol. The topological polar surface area (TPSA) is 51.2 Å². The molecule has 116 valence electrons. The van der Waals surface area contributed by atoms with E-state index in [-0.39, 0.29) is 6.61 Å². The van der Waals surface area contributed by atoms with Crippen LogP contribution in [0.5, 0.6) is 0 Å². The van der Waals surface area contributed by atoms with Crippen molar-refractivity contribution in [3.63, 3.8) is 0 Å². The van der Waals surface area contributed by atoms with Gasteiger partial charge in [0.1, 0.15) is 6.61 Å². The van der Waals surface area contributed by atoms with Gasteiger partial charge in [-0.1, -0.05) is 52.3 Å². The first kappa shape index (κ1) is 15.5. The van der Waals surface area contributed by atoms with E-state index in [1.807, 2.05) is 54.6 Å². The van der Waals surface area contributed by atoms with Crippen LogP contribution in [0.1, 0.15) is 11.1 Å². The summed E-state index contributed by atoms with van der Waals surface area (Å²) in [5.74, 6) is 0. The largest absolute Gasteiger partial charge is 0.445 e. The van der Waals surface area contributed by atoms with Crippen LogP contribution in [0.15, 0.2) is 65.3 Å². The van der Waals surface area contributed by atoms with E-state index in [0.717, 1.165) is 26.5 Å². The SMILES string of the molecule is O=C(NCc1cc2cccnc2cc1Br)OCc1ccccc1. The van der Waals surface area contributed by atoms with Gasteiger partial charge in [0.05, 0.1) is 5.52 Å². The summed E-state index contributed by atoms with van der Waals surface area (Å²) in [4.78, 5) is 16.1. The predicted octanol–water partition coefficient (Wildman–Crippen LogP) is 4.42. The summed E-state index contributed by atoms with van der Waals surface area (Å²) in [5, 5.41) is 3.80. The standard InChI is InChI=1S/C18H15BrN2O2/c19-16-10-17-14(7-4-8-20-17)9-15(16)11-21-18(22)23-12-13-5-2-1-3-6-13/h1-10H,11-12H2,(H,21,22). The molecule has 1 heterocycles. The molecular weight excluding hydrogens is 356 g/mol. The summed E-state index contributed by atoms with van der Waals surface area (Å²) in [5.41, 5.74) is 2.84. The number of amides is 1. The number of benzene rings is 2. The summed E-state index contributed by atoms with van der Waals surface area (Å²) >= 11 is 3.51. The molecule has 0 bridgehead atoms. The fraction of sp³-hybridized carbons (Fsp3) is 0.111. The minimum absolute atomic E-state index is 0.259.